The van der Waals surface area contributed by atoms with E-state index in [1.807, 2.05) is 20.8 Å². The molecule has 0 aromatic rings. The summed E-state index contributed by atoms with van der Waals surface area (Å²) in [6.45, 7) is 12.0. The van der Waals surface area contributed by atoms with Gasteiger partial charge >= 0.3 is 6.09 Å². The third-order valence-corrected chi connectivity index (χ3v) is 2.11. The van der Waals surface area contributed by atoms with Crippen molar-refractivity contribution in [2.45, 2.75) is 66.0 Å². The van der Waals surface area contributed by atoms with Crippen LogP contribution in [0, 0.1) is 5.92 Å². The van der Waals surface area contributed by atoms with Crippen LogP contribution in [-0.2, 0) is 4.74 Å². The van der Waals surface area contributed by atoms with E-state index in [2.05, 4.69) is 26.1 Å². The zero-order valence-electron chi connectivity index (χ0n) is 10.9. The van der Waals surface area contributed by atoms with Gasteiger partial charge in [-0.25, -0.2) is 4.79 Å². The van der Waals surface area contributed by atoms with Crippen LogP contribution in [0.15, 0.2) is 0 Å². The predicted molar refractivity (Wildman–Crippen MR) is 62.9 cm³/mol. The fourth-order valence-corrected chi connectivity index (χ4v) is 1.34. The Labute approximate surface area is 93.6 Å². The van der Waals surface area contributed by atoms with Gasteiger partial charge in [0.15, 0.2) is 0 Å². The van der Waals surface area contributed by atoms with Gasteiger partial charge in [-0.3, -0.25) is 0 Å². The minimum atomic E-state index is -0.419. The smallest absolute Gasteiger partial charge is 0.407 e. The molecule has 0 spiro atoms. The van der Waals surface area contributed by atoms with Gasteiger partial charge in [-0.05, 0) is 33.1 Å². The molecule has 1 amide bonds. The van der Waals surface area contributed by atoms with Crippen molar-refractivity contribution in [1.29, 1.82) is 0 Å². The van der Waals surface area contributed by atoms with E-state index in [4.69, 9.17) is 4.74 Å². The lowest BCUT2D eigenvalue weighted by atomic mass is 10.00. The summed E-state index contributed by atoms with van der Waals surface area (Å²) in [6, 6.07) is 0.213. The maximum Gasteiger partial charge on any atom is 0.407 e. The topological polar surface area (TPSA) is 38.3 Å². The van der Waals surface area contributed by atoms with Crippen molar-refractivity contribution in [3.63, 3.8) is 0 Å². The number of ether oxygens (including phenoxy) is 1. The van der Waals surface area contributed by atoms with Gasteiger partial charge in [-0.1, -0.05) is 27.2 Å². The standard InChI is InChI=1S/C12H25NO2/c1-7-8-10(9(2)3)13-11(14)15-12(4,5)6/h9-10H,7-8H2,1-6H3,(H,13,14)/t10-/m0/s1. The Bertz CT molecular complexity index is 194. The summed E-state index contributed by atoms with van der Waals surface area (Å²) in [4.78, 5) is 11.5. The summed E-state index contributed by atoms with van der Waals surface area (Å²) < 4.78 is 5.21. The van der Waals surface area contributed by atoms with Crippen molar-refractivity contribution >= 4 is 6.09 Å². The molecule has 15 heavy (non-hydrogen) atoms. The average molecular weight is 215 g/mol. The van der Waals surface area contributed by atoms with Crippen LogP contribution in [0.5, 0.6) is 0 Å². The molecule has 0 aromatic carbocycles. The van der Waals surface area contributed by atoms with Crippen molar-refractivity contribution in [2.75, 3.05) is 0 Å². The van der Waals surface area contributed by atoms with Crippen LogP contribution < -0.4 is 5.32 Å². The van der Waals surface area contributed by atoms with Gasteiger partial charge in [0.2, 0.25) is 0 Å². The fraction of sp³-hybridized carbons (Fsp3) is 0.917. The molecule has 3 nitrogen and oxygen atoms in total. The van der Waals surface area contributed by atoms with Crippen molar-refractivity contribution < 1.29 is 9.53 Å². The van der Waals surface area contributed by atoms with Crippen molar-refractivity contribution in [1.82, 2.24) is 5.32 Å². The predicted octanol–water partition coefficient (Wildman–Crippen LogP) is 3.34. The maximum absolute atomic E-state index is 11.5. The van der Waals surface area contributed by atoms with E-state index in [0.29, 0.717) is 5.92 Å². The minimum Gasteiger partial charge on any atom is -0.444 e. The van der Waals surface area contributed by atoms with Crippen LogP contribution in [0.25, 0.3) is 0 Å². The van der Waals surface area contributed by atoms with Gasteiger partial charge in [0, 0.05) is 6.04 Å². The second kappa shape index (κ2) is 5.99. The Hall–Kier alpha value is -0.730. The third-order valence-electron chi connectivity index (χ3n) is 2.11. The molecule has 0 aromatic heterocycles. The summed E-state index contributed by atoms with van der Waals surface area (Å²) >= 11 is 0. The molecule has 0 aliphatic carbocycles. The third kappa shape index (κ3) is 7.23. The summed E-state index contributed by atoms with van der Waals surface area (Å²) in [7, 11) is 0. The van der Waals surface area contributed by atoms with Gasteiger partial charge in [-0.2, -0.15) is 0 Å². The SMILES string of the molecule is CCC[C@H](NC(=O)OC(C)(C)C)C(C)C. The first-order chi connectivity index (χ1) is 6.76. The van der Waals surface area contributed by atoms with E-state index in [9.17, 15) is 4.79 Å². The summed E-state index contributed by atoms with van der Waals surface area (Å²) in [5, 5.41) is 2.91. The number of hydrogen-bond acceptors (Lipinski definition) is 2. The summed E-state index contributed by atoms with van der Waals surface area (Å²) in [5.74, 6) is 0.442. The normalized spacial score (nSPS) is 13.8. The monoisotopic (exact) mass is 215 g/mol. The van der Waals surface area contributed by atoms with Crippen LogP contribution in [0.1, 0.15) is 54.4 Å². The van der Waals surface area contributed by atoms with Crippen LogP contribution >= 0.6 is 0 Å². The first kappa shape index (κ1) is 14.3. The van der Waals surface area contributed by atoms with Gasteiger partial charge in [0.1, 0.15) is 5.60 Å². The highest BCUT2D eigenvalue weighted by atomic mass is 16.6. The molecule has 0 saturated carbocycles. The molecule has 0 radical (unpaired) electrons. The largest absolute Gasteiger partial charge is 0.444 e. The fourth-order valence-electron chi connectivity index (χ4n) is 1.34. The number of alkyl carbamates (subject to hydrolysis) is 1. The van der Waals surface area contributed by atoms with Gasteiger partial charge in [0.25, 0.3) is 0 Å². The number of carbonyl (C=O) groups excluding carboxylic acids is 1. The molecular formula is C12H25NO2. The molecule has 0 rings (SSSR count). The Morgan fingerprint density at radius 2 is 1.87 bits per heavy atom. The van der Waals surface area contributed by atoms with Crippen LogP contribution in [0.3, 0.4) is 0 Å². The maximum atomic E-state index is 11.5. The Balaban J connectivity index is 4.11. The summed E-state index contributed by atoms with van der Waals surface area (Å²) in [5.41, 5.74) is -0.419. The highest BCUT2D eigenvalue weighted by molar-refractivity contribution is 5.68. The lowest BCUT2D eigenvalue weighted by Gasteiger charge is -2.25. The molecule has 0 bridgehead atoms. The van der Waals surface area contributed by atoms with Crippen molar-refractivity contribution in [3.8, 4) is 0 Å². The van der Waals surface area contributed by atoms with Crippen LogP contribution in [0.2, 0.25) is 0 Å². The number of amides is 1. The molecular weight excluding hydrogens is 190 g/mol. The molecule has 0 saturated heterocycles. The first-order valence-electron chi connectivity index (χ1n) is 5.75. The molecule has 1 N–H and O–H groups in total. The lowest BCUT2D eigenvalue weighted by molar-refractivity contribution is 0.0487. The highest BCUT2D eigenvalue weighted by Gasteiger charge is 2.20. The first-order valence-corrected chi connectivity index (χ1v) is 5.75. The Morgan fingerprint density at radius 3 is 2.20 bits per heavy atom. The lowest BCUT2D eigenvalue weighted by Crippen LogP contribution is -2.41. The molecule has 0 unspecified atom stereocenters. The summed E-state index contributed by atoms with van der Waals surface area (Å²) in [6.07, 6.45) is 1.75. The number of nitrogens with one attached hydrogen (secondary N) is 1. The van der Waals surface area contributed by atoms with Gasteiger partial charge < -0.3 is 10.1 Å². The molecule has 0 aliphatic heterocycles. The van der Waals surface area contributed by atoms with E-state index in [-0.39, 0.29) is 12.1 Å². The molecule has 0 heterocycles. The second-order valence-corrected chi connectivity index (χ2v) is 5.29. The Kier molecular flexibility index (Phi) is 5.69. The molecule has 0 aliphatic rings. The van der Waals surface area contributed by atoms with E-state index in [0.717, 1.165) is 12.8 Å². The Morgan fingerprint density at radius 1 is 1.33 bits per heavy atom. The van der Waals surface area contributed by atoms with Crippen LogP contribution in [-0.4, -0.2) is 17.7 Å². The van der Waals surface area contributed by atoms with Crippen molar-refractivity contribution in [3.05, 3.63) is 0 Å². The van der Waals surface area contributed by atoms with E-state index >= 15 is 0 Å². The molecule has 3 heteroatoms. The van der Waals surface area contributed by atoms with E-state index < -0.39 is 5.60 Å². The minimum absolute atomic E-state index is 0.213. The molecule has 1 atom stereocenters. The quantitative estimate of drug-likeness (QED) is 0.781. The van der Waals surface area contributed by atoms with E-state index in [1.54, 1.807) is 0 Å². The molecule has 0 fully saturated rings. The van der Waals surface area contributed by atoms with Gasteiger partial charge in [-0.15, -0.1) is 0 Å². The zero-order valence-corrected chi connectivity index (χ0v) is 10.9. The number of hydrogen-bond donors (Lipinski definition) is 1. The number of rotatable bonds is 4. The van der Waals surface area contributed by atoms with E-state index in [1.165, 1.54) is 0 Å². The zero-order chi connectivity index (χ0) is 12.1. The highest BCUT2D eigenvalue weighted by Crippen LogP contribution is 2.11. The second-order valence-electron chi connectivity index (χ2n) is 5.29. The molecule has 90 valence electrons. The van der Waals surface area contributed by atoms with Crippen LogP contribution in [0.4, 0.5) is 4.79 Å². The van der Waals surface area contributed by atoms with Crippen molar-refractivity contribution in [2.24, 2.45) is 5.92 Å². The average Bonchev–Trinajstić information content (AvgIpc) is 1.99. The van der Waals surface area contributed by atoms with Gasteiger partial charge in [0.05, 0.1) is 0 Å². The number of carbonyl (C=O) groups is 1.